The van der Waals surface area contributed by atoms with E-state index in [1.165, 1.54) is 11.1 Å². The van der Waals surface area contributed by atoms with Crippen LogP contribution >= 0.6 is 0 Å². The normalized spacial score (nSPS) is 21.5. The maximum Gasteiger partial charge on any atom is 0.123 e. The molecule has 1 aromatic carbocycles. The maximum absolute atomic E-state index is 9.67. The Balaban J connectivity index is 2.08. The fourth-order valence-corrected chi connectivity index (χ4v) is 2.45. The number of ether oxygens (including phenoxy) is 1. The number of β-amino-alcohol motifs (C(OH)–C–C–N with tert-alkyl or cyclic N) is 1. The molecule has 0 spiro atoms. The van der Waals surface area contributed by atoms with E-state index < -0.39 is 0 Å². The lowest BCUT2D eigenvalue weighted by Crippen LogP contribution is -2.37. The van der Waals surface area contributed by atoms with Crippen LogP contribution in [-0.2, 0) is 6.54 Å². The molecule has 1 aliphatic heterocycles. The van der Waals surface area contributed by atoms with Crippen molar-refractivity contribution in [3.63, 3.8) is 0 Å². The summed E-state index contributed by atoms with van der Waals surface area (Å²) in [5, 5.41) is 9.67. The molecule has 3 nitrogen and oxygen atoms in total. The summed E-state index contributed by atoms with van der Waals surface area (Å²) in [6, 6.07) is 6.25. The summed E-state index contributed by atoms with van der Waals surface area (Å²) in [6.07, 6.45) is 1.84. The maximum atomic E-state index is 9.67. The molecule has 1 aliphatic rings. The summed E-state index contributed by atoms with van der Waals surface area (Å²) in [4.78, 5) is 2.30. The van der Waals surface area contributed by atoms with Crippen LogP contribution in [0.1, 0.15) is 24.0 Å². The molecule has 94 valence electrons. The molecular formula is C14H21NO2. The molecule has 0 radical (unpaired) electrons. The summed E-state index contributed by atoms with van der Waals surface area (Å²) in [5.41, 5.74) is 2.46. The number of hydrogen-bond donors (Lipinski definition) is 1. The average Bonchev–Trinajstić information content (AvgIpc) is 2.29. The first-order chi connectivity index (χ1) is 8.19. The molecule has 1 aromatic rings. The van der Waals surface area contributed by atoms with E-state index in [4.69, 9.17) is 4.74 Å². The first-order valence-corrected chi connectivity index (χ1v) is 6.23. The van der Waals surface area contributed by atoms with E-state index >= 15 is 0 Å². The van der Waals surface area contributed by atoms with Crippen LogP contribution in [-0.4, -0.2) is 36.3 Å². The van der Waals surface area contributed by atoms with E-state index in [-0.39, 0.29) is 6.10 Å². The molecule has 0 aliphatic carbocycles. The monoisotopic (exact) mass is 235 g/mol. The third kappa shape index (κ3) is 3.20. The topological polar surface area (TPSA) is 32.7 Å². The molecule has 1 atom stereocenters. The third-order valence-electron chi connectivity index (χ3n) is 3.31. The summed E-state index contributed by atoms with van der Waals surface area (Å²) >= 11 is 0. The summed E-state index contributed by atoms with van der Waals surface area (Å²) in [7, 11) is 1.71. The number of rotatable bonds is 3. The molecule has 3 heteroatoms. The van der Waals surface area contributed by atoms with E-state index in [2.05, 4.69) is 24.0 Å². The molecule has 17 heavy (non-hydrogen) atoms. The largest absolute Gasteiger partial charge is 0.496 e. The minimum absolute atomic E-state index is 0.167. The van der Waals surface area contributed by atoms with Crippen LogP contribution in [0, 0.1) is 6.92 Å². The Kier molecular flexibility index (Phi) is 4.02. The Morgan fingerprint density at radius 2 is 2.29 bits per heavy atom. The molecule has 0 aromatic heterocycles. The van der Waals surface area contributed by atoms with Gasteiger partial charge in [-0.25, -0.2) is 0 Å². The van der Waals surface area contributed by atoms with Gasteiger partial charge in [-0.2, -0.15) is 0 Å². The molecule has 0 saturated carbocycles. The van der Waals surface area contributed by atoms with Gasteiger partial charge in [0.05, 0.1) is 13.2 Å². The van der Waals surface area contributed by atoms with Crippen molar-refractivity contribution in [3.8, 4) is 5.75 Å². The number of aryl methyl sites for hydroxylation is 1. The van der Waals surface area contributed by atoms with Crippen molar-refractivity contribution in [2.75, 3.05) is 20.2 Å². The number of nitrogens with zero attached hydrogens (tertiary/aromatic N) is 1. The van der Waals surface area contributed by atoms with E-state index in [9.17, 15) is 5.11 Å². The predicted molar refractivity (Wildman–Crippen MR) is 68.2 cm³/mol. The van der Waals surface area contributed by atoms with Gasteiger partial charge < -0.3 is 9.84 Å². The molecule has 1 N–H and O–H groups in total. The minimum atomic E-state index is -0.167. The van der Waals surface area contributed by atoms with Gasteiger partial charge in [0.15, 0.2) is 0 Å². The zero-order chi connectivity index (χ0) is 12.3. The number of benzene rings is 1. The van der Waals surface area contributed by atoms with Gasteiger partial charge in [-0.15, -0.1) is 0 Å². The van der Waals surface area contributed by atoms with Gasteiger partial charge in [0.1, 0.15) is 5.75 Å². The van der Waals surface area contributed by atoms with E-state index in [0.717, 1.165) is 38.2 Å². The first kappa shape index (κ1) is 12.4. The highest BCUT2D eigenvalue weighted by Gasteiger charge is 2.18. The number of hydrogen-bond acceptors (Lipinski definition) is 3. The van der Waals surface area contributed by atoms with Crippen LogP contribution in [0.15, 0.2) is 18.2 Å². The van der Waals surface area contributed by atoms with Crippen LogP contribution in [0.3, 0.4) is 0 Å². The van der Waals surface area contributed by atoms with Gasteiger partial charge in [-0.1, -0.05) is 17.7 Å². The zero-order valence-corrected chi connectivity index (χ0v) is 10.6. The summed E-state index contributed by atoms with van der Waals surface area (Å²) in [6.45, 7) is 4.79. The van der Waals surface area contributed by atoms with Crippen molar-refractivity contribution >= 4 is 0 Å². The number of aliphatic hydroxyl groups excluding tert-OH is 1. The smallest absolute Gasteiger partial charge is 0.123 e. The quantitative estimate of drug-likeness (QED) is 0.869. The number of methoxy groups -OCH3 is 1. The number of likely N-dealkylation sites (tertiary alicyclic amines) is 1. The molecule has 0 amide bonds. The van der Waals surface area contributed by atoms with Gasteiger partial charge in [0, 0.05) is 18.7 Å². The lowest BCUT2D eigenvalue weighted by molar-refractivity contribution is 0.0664. The third-order valence-corrected chi connectivity index (χ3v) is 3.31. The van der Waals surface area contributed by atoms with Crippen molar-refractivity contribution < 1.29 is 9.84 Å². The highest BCUT2D eigenvalue weighted by molar-refractivity contribution is 5.36. The van der Waals surface area contributed by atoms with E-state index in [0.29, 0.717) is 0 Å². The van der Waals surface area contributed by atoms with Crippen LogP contribution < -0.4 is 4.74 Å². The summed E-state index contributed by atoms with van der Waals surface area (Å²) < 4.78 is 5.38. The Morgan fingerprint density at radius 1 is 1.47 bits per heavy atom. The van der Waals surface area contributed by atoms with E-state index in [1.54, 1.807) is 7.11 Å². The first-order valence-electron chi connectivity index (χ1n) is 6.23. The molecule has 1 heterocycles. The fraction of sp³-hybridized carbons (Fsp3) is 0.571. The lowest BCUT2D eigenvalue weighted by Gasteiger charge is -2.30. The summed E-state index contributed by atoms with van der Waals surface area (Å²) in [5.74, 6) is 0.940. The van der Waals surface area contributed by atoms with Gasteiger partial charge in [0.25, 0.3) is 0 Å². The van der Waals surface area contributed by atoms with Crippen molar-refractivity contribution in [2.45, 2.75) is 32.4 Å². The SMILES string of the molecule is COc1ccc(C)cc1CN1CCCC(O)C1. The second-order valence-corrected chi connectivity index (χ2v) is 4.85. The number of piperidine rings is 1. The Hall–Kier alpha value is -1.06. The van der Waals surface area contributed by atoms with E-state index in [1.807, 2.05) is 6.07 Å². The molecule has 2 rings (SSSR count). The van der Waals surface area contributed by atoms with Gasteiger partial charge in [-0.3, -0.25) is 4.90 Å². The van der Waals surface area contributed by atoms with Crippen LogP contribution in [0.4, 0.5) is 0 Å². The Bertz CT molecular complexity index is 378. The van der Waals surface area contributed by atoms with Crippen LogP contribution in [0.25, 0.3) is 0 Å². The van der Waals surface area contributed by atoms with Gasteiger partial charge in [0.2, 0.25) is 0 Å². The van der Waals surface area contributed by atoms with Crippen molar-refractivity contribution in [1.82, 2.24) is 4.90 Å². The number of aliphatic hydroxyl groups is 1. The second-order valence-electron chi connectivity index (χ2n) is 4.85. The minimum Gasteiger partial charge on any atom is -0.496 e. The van der Waals surface area contributed by atoms with Gasteiger partial charge in [-0.05, 0) is 32.4 Å². The fourth-order valence-electron chi connectivity index (χ4n) is 2.45. The van der Waals surface area contributed by atoms with Gasteiger partial charge >= 0.3 is 0 Å². The standard InChI is InChI=1S/C14H21NO2/c1-11-5-6-14(17-2)12(8-11)9-15-7-3-4-13(16)10-15/h5-6,8,13,16H,3-4,7,9-10H2,1-2H3. The Labute approximate surface area is 103 Å². The van der Waals surface area contributed by atoms with Crippen LogP contribution in [0.5, 0.6) is 5.75 Å². The highest BCUT2D eigenvalue weighted by Crippen LogP contribution is 2.23. The lowest BCUT2D eigenvalue weighted by atomic mass is 10.1. The highest BCUT2D eigenvalue weighted by atomic mass is 16.5. The Morgan fingerprint density at radius 3 is 3.00 bits per heavy atom. The molecule has 1 saturated heterocycles. The molecular weight excluding hydrogens is 214 g/mol. The molecule has 1 unspecified atom stereocenters. The van der Waals surface area contributed by atoms with Crippen LogP contribution in [0.2, 0.25) is 0 Å². The zero-order valence-electron chi connectivity index (χ0n) is 10.6. The average molecular weight is 235 g/mol. The second kappa shape index (κ2) is 5.52. The molecule has 1 fully saturated rings. The van der Waals surface area contributed by atoms with Crippen molar-refractivity contribution in [2.24, 2.45) is 0 Å². The molecule has 0 bridgehead atoms. The van der Waals surface area contributed by atoms with Crippen molar-refractivity contribution in [3.05, 3.63) is 29.3 Å². The van der Waals surface area contributed by atoms with Crippen molar-refractivity contribution in [1.29, 1.82) is 0 Å². The predicted octanol–water partition coefficient (Wildman–Crippen LogP) is 1.96.